The molecule has 0 bridgehead atoms. The van der Waals surface area contributed by atoms with Crippen LogP contribution in [0.15, 0.2) is 22.7 Å². The van der Waals surface area contributed by atoms with Gasteiger partial charge in [0.1, 0.15) is 0 Å². The van der Waals surface area contributed by atoms with Gasteiger partial charge in [-0.1, -0.05) is 29.3 Å². The zero-order valence-electron chi connectivity index (χ0n) is 11.8. The Labute approximate surface area is 124 Å². The number of nitrogens with zero attached hydrogens (tertiary/aromatic N) is 1. The minimum Gasteiger partial charge on any atom is -0.368 e. The molecule has 0 N–H and O–H groups in total. The van der Waals surface area contributed by atoms with E-state index in [1.165, 1.54) is 32.1 Å². The quantitative estimate of drug-likeness (QED) is 0.741. The number of piperidine rings is 1. The topological polar surface area (TPSA) is 20.3 Å². The number of rotatable bonds is 4. The molecule has 2 rings (SSSR count). The number of ketones is 1. The van der Waals surface area contributed by atoms with Crippen LogP contribution in [0.5, 0.6) is 0 Å². The van der Waals surface area contributed by atoms with Gasteiger partial charge in [0.15, 0.2) is 5.78 Å². The molecule has 1 saturated heterocycles. The van der Waals surface area contributed by atoms with Crippen molar-refractivity contribution in [3.8, 4) is 0 Å². The Kier molecular flexibility index (Phi) is 5.03. The van der Waals surface area contributed by atoms with Crippen molar-refractivity contribution in [1.82, 2.24) is 0 Å². The molecule has 0 spiro atoms. The minimum atomic E-state index is 0.156. The number of benzene rings is 1. The minimum absolute atomic E-state index is 0.156. The lowest BCUT2D eigenvalue weighted by molar-refractivity contribution is 0.101. The Balaban J connectivity index is 2.37. The van der Waals surface area contributed by atoms with E-state index in [0.29, 0.717) is 6.04 Å². The van der Waals surface area contributed by atoms with Crippen LogP contribution in [0.2, 0.25) is 0 Å². The van der Waals surface area contributed by atoms with Crippen molar-refractivity contribution in [2.45, 2.75) is 52.0 Å². The molecular weight excluding hydrogens is 302 g/mol. The third-order valence-electron chi connectivity index (χ3n) is 3.90. The molecule has 1 heterocycles. The fraction of sp³-hybridized carbons (Fsp3) is 0.562. The summed E-state index contributed by atoms with van der Waals surface area (Å²) in [5.41, 5.74) is 1.96. The van der Waals surface area contributed by atoms with Gasteiger partial charge in [-0.05, 0) is 50.8 Å². The Morgan fingerprint density at radius 1 is 1.42 bits per heavy atom. The lowest BCUT2D eigenvalue weighted by atomic mass is 9.96. The van der Waals surface area contributed by atoms with Crippen molar-refractivity contribution < 1.29 is 4.79 Å². The van der Waals surface area contributed by atoms with Gasteiger partial charge in [0, 0.05) is 28.3 Å². The molecule has 1 atom stereocenters. The van der Waals surface area contributed by atoms with Crippen LogP contribution < -0.4 is 4.90 Å². The average molecular weight is 324 g/mol. The summed E-state index contributed by atoms with van der Waals surface area (Å²) in [4.78, 5) is 14.3. The summed E-state index contributed by atoms with van der Waals surface area (Å²) >= 11 is 3.53. The molecule has 0 aliphatic carbocycles. The van der Waals surface area contributed by atoms with Gasteiger partial charge in [-0.15, -0.1) is 0 Å². The van der Waals surface area contributed by atoms with Gasteiger partial charge >= 0.3 is 0 Å². The third-order valence-corrected chi connectivity index (χ3v) is 4.39. The molecule has 2 nitrogen and oxygen atoms in total. The first-order chi connectivity index (χ1) is 9.13. The van der Waals surface area contributed by atoms with Gasteiger partial charge in [-0.2, -0.15) is 0 Å². The second kappa shape index (κ2) is 6.56. The fourth-order valence-corrected chi connectivity index (χ4v) is 3.34. The molecule has 1 aromatic rings. The predicted molar refractivity (Wildman–Crippen MR) is 84.0 cm³/mol. The van der Waals surface area contributed by atoms with Gasteiger partial charge in [0.25, 0.3) is 0 Å². The van der Waals surface area contributed by atoms with E-state index in [1.807, 2.05) is 12.1 Å². The lowest BCUT2D eigenvalue weighted by Gasteiger charge is -2.38. The summed E-state index contributed by atoms with van der Waals surface area (Å²) in [5.74, 6) is 0.156. The van der Waals surface area contributed by atoms with Crippen molar-refractivity contribution >= 4 is 27.4 Å². The van der Waals surface area contributed by atoms with Gasteiger partial charge in [-0.25, -0.2) is 0 Å². The lowest BCUT2D eigenvalue weighted by Crippen LogP contribution is -2.40. The summed E-state index contributed by atoms with van der Waals surface area (Å²) in [6, 6.07) is 6.59. The van der Waals surface area contributed by atoms with E-state index in [2.05, 4.69) is 33.8 Å². The molecule has 3 heteroatoms. The second-order valence-corrected chi connectivity index (χ2v) is 6.27. The predicted octanol–water partition coefficient (Wildman–Crippen LogP) is 4.81. The van der Waals surface area contributed by atoms with Crippen LogP contribution in [-0.2, 0) is 0 Å². The maximum atomic E-state index is 11.8. The number of Topliss-reactive ketones (excluding diaryl/α,β-unsaturated/α-hetero) is 1. The molecule has 0 aromatic heterocycles. The Morgan fingerprint density at radius 3 is 2.89 bits per heavy atom. The Bertz CT molecular complexity index is 456. The monoisotopic (exact) mass is 323 g/mol. The van der Waals surface area contributed by atoms with Gasteiger partial charge < -0.3 is 4.90 Å². The van der Waals surface area contributed by atoms with Crippen molar-refractivity contribution in [3.63, 3.8) is 0 Å². The van der Waals surface area contributed by atoms with Gasteiger partial charge in [0.05, 0.1) is 0 Å². The van der Waals surface area contributed by atoms with Crippen molar-refractivity contribution in [2.75, 3.05) is 11.4 Å². The van der Waals surface area contributed by atoms with Gasteiger partial charge in [-0.3, -0.25) is 4.79 Å². The van der Waals surface area contributed by atoms with Crippen LogP contribution in [-0.4, -0.2) is 18.4 Å². The standard InChI is InChI=1S/C16H22BrNO/c1-3-6-14-7-4-5-10-18(14)16-11-13(17)8-9-15(16)12(2)19/h8-9,11,14H,3-7,10H2,1-2H3. The van der Waals surface area contributed by atoms with Crippen LogP contribution >= 0.6 is 15.9 Å². The van der Waals surface area contributed by atoms with Crippen LogP contribution in [0.3, 0.4) is 0 Å². The number of anilines is 1. The maximum absolute atomic E-state index is 11.8. The molecule has 1 aliphatic rings. The highest BCUT2D eigenvalue weighted by Gasteiger charge is 2.24. The van der Waals surface area contributed by atoms with Crippen LogP contribution in [0.1, 0.15) is 56.3 Å². The zero-order chi connectivity index (χ0) is 13.8. The largest absolute Gasteiger partial charge is 0.368 e. The number of carbonyl (C=O) groups is 1. The van der Waals surface area contributed by atoms with E-state index in [0.717, 1.165) is 22.3 Å². The van der Waals surface area contributed by atoms with Crippen molar-refractivity contribution in [1.29, 1.82) is 0 Å². The molecule has 104 valence electrons. The molecule has 1 aliphatic heterocycles. The summed E-state index contributed by atoms with van der Waals surface area (Å²) < 4.78 is 1.05. The number of hydrogen-bond acceptors (Lipinski definition) is 2. The van der Waals surface area contributed by atoms with E-state index >= 15 is 0 Å². The molecular formula is C16H22BrNO. The van der Waals surface area contributed by atoms with E-state index in [9.17, 15) is 4.79 Å². The first-order valence-corrected chi connectivity index (χ1v) is 8.00. The van der Waals surface area contributed by atoms with Crippen LogP contribution in [0.25, 0.3) is 0 Å². The summed E-state index contributed by atoms with van der Waals surface area (Å²) in [6.45, 7) is 4.96. The highest BCUT2D eigenvalue weighted by molar-refractivity contribution is 9.10. The van der Waals surface area contributed by atoms with Crippen LogP contribution in [0.4, 0.5) is 5.69 Å². The van der Waals surface area contributed by atoms with Crippen molar-refractivity contribution in [3.05, 3.63) is 28.2 Å². The number of hydrogen-bond donors (Lipinski definition) is 0. The summed E-state index contributed by atoms with van der Waals surface area (Å²) in [7, 11) is 0. The van der Waals surface area contributed by atoms with E-state index < -0.39 is 0 Å². The van der Waals surface area contributed by atoms with Gasteiger partial charge in [0.2, 0.25) is 0 Å². The molecule has 0 radical (unpaired) electrons. The number of carbonyl (C=O) groups excluding carboxylic acids is 1. The van der Waals surface area contributed by atoms with E-state index in [-0.39, 0.29) is 5.78 Å². The zero-order valence-corrected chi connectivity index (χ0v) is 13.4. The summed E-state index contributed by atoms with van der Waals surface area (Å²) in [5, 5.41) is 0. The Morgan fingerprint density at radius 2 is 2.21 bits per heavy atom. The highest BCUT2D eigenvalue weighted by Crippen LogP contribution is 2.32. The first-order valence-electron chi connectivity index (χ1n) is 7.20. The fourth-order valence-electron chi connectivity index (χ4n) is 2.99. The van der Waals surface area contributed by atoms with E-state index in [4.69, 9.17) is 0 Å². The van der Waals surface area contributed by atoms with E-state index in [1.54, 1.807) is 6.92 Å². The molecule has 19 heavy (non-hydrogen) atoms. The molecule has 1 unspecified atom stereocenters. The molecule has 0 amide bonds. The number of halogens is 1. The van der Waals surface area contributed by atoms with Crippen molar-refractivity contribution in [2.24, 2.45) is 0 Å². The Hall–Kier alpha value is -0.830. The highest BCUT2D eigenvalue weighted by atomic mass is 79.9. The SMILES string of the molecule is CCCC1CCCCN1c1cc(Br)ccc1C(C)=O. The summed E-state index contributed by atoms with van der Waals surface area (Å²) in [6.07, 6.45) is 6.20. The second-order valence-electron chi connectivity index (χ2n) is 5.35. The molecule has 0 saturated carbocycles. The molecule has 1 fully saturated rings. The first kappa shape index (κ1) is 14.6. The smallest absolute Gasteiger partial charge is 0.161 e. The molecule has 1 aromatic carbocycles. The maximum Gasteiger partial charge on any atom is 0.161 e. The average Bonchev–Trinajstić information content (AvgIpc) is 2.39. The van der Waals surface area contributed by atoms with Crippen LogP contribution in [0, 0.1) is 0 Å². The third kappa shape index (κ3) is 3.38. The normalized spacial score (nSPS) is 19.5.